The summed E-state index contributed by atoms with van der Waals surface area (Å²) < 4.78 is 5.47. The Labute approximate surface area is 220 Å². The molecule has 0 aromatic heterocycles. The molecule has 3 aliphatic rings. The fraction of sp³-hybridized carbons (Fsp3) is 0.393. The summed E-state index contributed by atoms with van der Waals surface area (Å²) in [7, 11) is 1.44. The van der Waals surface area contributed by atoms with Gasteiger partial charge in [-0.15, -0.1) is 0 Å². The summed E-state index contributed by atoms with van der Waals surface area (Å²) in [6, 6.07) is 12.2. The summed E-state index contributed by atoms with van der Waals surface area (Å²) in [5, 5.41) is 2.80. The van der Waals surface area contributed by atoms with E-state index in [1.54, 1.807) is 24.3 Å². The van der Waals surface area contributed by atoms with E-state index in [2.05, 4.69) is 5.32 Å². The zero-order valence-corrected chi connectivity index (χ0v) is 21.7. The lowest BCUT2D eigenvalue weighted by Crippen LogP contribution is -2.69. The maximum absolute atomic E-state index is 13.6. The van der Waals surface area contributed by atoms with Crippen LogP contribution in [0.5, 0.6) is 0 Å². The normalized spacial score (nSPS) is 20.1. The molecule has 0 radical (unpaired) electrons. The average Bonchev–Trinajstić information content (AvgIpc) is 3.66. The molecule has 2 aromatic carbocycles. The van der Waals surface area contributed by atoms with E-state index in [4.69, 9.17) is 4.74 Å². The molecule has 2 aromatic rings. The van der Waals surface area contributed by atoms with E-state index in [9.17, 15) is 24.0 Å². The number of amides is 4. The number of hydrogen-bond acceptors (Lipinski definition) is 6. The van der Waals surface area contributed by atoms with Crippen LogP contribution in [0.4, 0.5) is 11.4 Å². The number of nitrogens with zero attached hydrogens (tertiary/aromatic N) is 3. The van der Waals surface area contributed by atoms with Gasteiger partial charge in [0, 0.05) is 31.6 Å². The van der Waals surface area contributed by atoms with Gasteiger partial charge in [0.25, 0.3) is 11.8 Å². The second-order valence-corrected chi connectivity index (χ2v) is 10.2. The van der Waals surface area contributed by atoms with Gasteiger partial charge in [-0.05, 0) is 56.0 Å². The van der Waals surface area contributed by atoms with Gasteiger partial charge in [-0.2, -0.15) is 0 Å². The van der Waals surface area contributed by atoms with Crippen LogP contribution in [-0.2, 0) is 23.9 Å². The number of aryl methyl sites for hydroxylation is 2. The van der Waals surface area contributed by atoms with Crippen LogP contribution in [0.15, 0.2) is 42.5 Å². The lowest BCUT2D eigenvalue weighted by molar-refractivity contribution is -0.162. The predicted molar refractivity (Wildman–Crippen MR) is 138 cm³/mol. The van der Waals surface area contributed by atoms with Crippen molar-refractivity contribution in [1.29, 1.82) is 0 Å². The average molecular weight is 519 g/mol. The number of para-hydroxylation sites is 1. The Morgan fingerprint density at radius 2 is 1.84 bits per heavy atom. The van der Waals surface area contributed by atoms with E-state index in [1.165, 1.54) is 21.7 Å². The van der Waals surface area contributed by atoms with Crippen molar-refractivity contribution in [2.45, 2.75) is 51.2 Å². The van der Waals surface area contributed by atoms with Crippen molar-refractivity contribution in [3.05, 3.63) is 59.2 Å². The minimum absolute atomic E-state index is 0.0757. The lowest BCUT2D eigenvalue weighted by atomic mass is 9.96. The number of rotatable bonds is 7. The second kappa shape index (κ2) is 9.59. The summed E-state index contributed by atoms with van der Waals surface area (Å²) in [6.45, 7) is 2.93. The van der Waals surface area contributed by atoms with E-state index in [0.717, 1.165) is 24.0 Å². The van der Waals surface area contributed by atoms with Crippen molar-refractivity contribution in [1.82, 2.24) is 9.80 Å². The molecule has 2 aliphatic heterocycles. The van der Waals surface area contributed by atoms with E-state index in [-0.39, 0.29) is 43.1 Å². The molecule has 10 nitrogen and oxygen atoms in total. The van der Waals surface area contributed by atoms with Gasteiger partial charge < -0.3 is 19.9 Å². The van der Waals surface area contributed by atoms with Crippen LogP contribution in [0.1, 0.15) is 47.2 Å². The molecule has 2 heterocycles. The van der Waals surface area contributed by atoms with Crippen molar-refractivity contribution in [2.75, 3.05) is 30.4 Å². The number of carbonyl (C=O) groups is 5. The lowest BCUT2D eigenvalue weighted by Gasteiger charge is -2.48. The number of fused-ring (bicyclic) bond motifs is 3. The molecule has 4 amide bonds. The number of hydrogen-bond donors (Lipinski definition) is 1. The smallest absolute Gasteiger partial charge is 0.354 e. The Morgan fingerprint density at radius 1 is 1.11 bits per heavy atom. The van der Waals surface area contributed by atoms with Crippen LogP contribution in [0.2, 0.25) is 0 Å². The molecular weight excluding hydrogens is 488 g/mol. The molecule has 0 spiro atoms. The van der Waals surface area contributed by atoms with Gasteiger partial charge in [-0.3, -0.25) is 24.1 Å². The Bertz CT molecular complexity index is 1350. The van der Waals surface area contributed by atoms with Crippen LogP contribution in [0, 0.1) is 13.8 Å². The van der Waals surface area contributed by atoms with Crippen LogP contribution in [0.25, 0.3) is 0 Å². The minimum atomic E-state index is -1.62. The maximum Gasteiger partial charge on any atom is 0.354 e. The quantitative estimate of drug-likeness (QED) is 0.563. The zero-order chi connectivity index (χ0) is 27.2. The first-order chi connectivity index (χ1) is 18.1. The van der Waals surface area contributed by atoms with Crippen molar-refractivity contribution in [2.24, 2.45) is 0 Å². The fourth-order valence-corrected chi connectivity index (χ4v) is 5.23. The molecule has 38 heavy (non-hydrogen) atoms. The Kier molecular flexibility index (Phi) is 6.42. The Morgan fingerprint density at radius 3 is 2.58 bits per heavy atom. The third-order valence-electron chi connectivity index (χ3n) is 7.34. The van der Waals surface area contributed by atoms with E-state index in [1.807, 2.05) is 32.0 Å². The molecule has 1 atom stereocenters. The van der Waals surface area contributed by atoms with Crippen LogP contribution >= 0.6 is 0 Å². The van der Waals surface area contributed by atoms with Crippen LogP contribution < -0.4 is 10.2 Å². The Hall–Kier alpha value is -4.21. The topological polar surface area (TPSA) is 116 Å². The van der Waals surface area contributed by atoms with E-state index in [0.29, 0.717) is 16.9 Å². The molecule has 2 fully saturated rings. The van der Waals surface area contributed by atoms with E-state index < -0.39 is 24.1 Å². The van der Waals surface area contributed by atoms with Gasteiger partial charge in [0.15, 0.2) is 6.61 Å². The third-order valence-corrected chi connectivity index (χ3v) is 7.34. The summed E-state index contributed by atoms with van der Waals surface area (Å²) >= 11 is 0. The fourth-order valence-electron chi connectivity index (χ4n) is 5.23. The molecule has 1 saturated heterocycles. The molecule has 198 valence electrons. The summed E-state index contributed by atoms with van der Waals surface area (Å²) in [5.74, 6) is -2.39. The first-order valence-electron chi connectivity index (χ1n) is 12.7. The van der Waals surface area contributed by atoms with E-state index >= 15 is 0 Å². The zero-order valence-electron chi connectivity index (χ0n) is 21.7. The van der Waals surface area contributed by atoms with Gasteiger partial charge in [-0.1, -0.05) is 24.3 Å². The number of benzene rings is 2. The van der Waals surface area contributed by atoms with Gasteiger partial charge in [0.2, 0.25) is 17.5 Å². The van der Waals surface area contributed by atoms with Gasteiger partial charge in [0.1, 0.15) is 0 Å². The number of nitrogens with one attached hydrogen (secondary N) is 1. The van der Waals surface area contributed by atoms with Crippen molar-refractivity contribution >= 4 is 41.0 Å². The maximum atomic E-state index is 13.6. The number of ether oxygens (including phenoxy) is 1. The molecule has 1 saturated carbocycles. The highest BCUT2D eigenvalue weighted by molar-refractivity contribution is 6.15. The Balaban J connectivity index is 1.29. The monoisotopic (exact) mass is 518 g/mol. The number of esters is 1. The molecular formula is C28H30N4O6. The van der Waals surface area contributed by atoms with Crippen molar-refractivity contribution < 1.29 is 28.7 Å². The molecule has 5 rings (SSSR count). The molecule has 1 aliphatic carbocycles. The molecule has 0 bridgehead atoms. The first kappa shape index (κ1) is 25.4. The minimum Gasteiger partial charge on any atom is -0.452 e. The summed E-state index contributed by atoms with van der Waals surface area (Å²) in [4.78, 5) is 69.5. The van der Waals surface area contributed by atoms with Crippen molar-refractivity contribution in [3.8, 4) is 0 Å². The van der Waals surface area contributed by atoms with Crippen LogP contribution in [0.3, 0.4) is 0 Å². The van der Waals surface area contributed by atoms with Gasteiger partial charge in [-0.25, -0.2) is 4.79 Å². The highest BCUT2D eigenvalue weighted by Crippen LogP contribution is 2.49. The SMILES string of the molecule is Cc1ccc(C)c(NC(=O)CN(C)C(=O)COC(=O)[C@]23CCC(=O)N2c2ccccc2C(=O)N3C2CC2)c1. The largest absolute Gasteiger partial charge is 0.452 e. The third kappa shape index (κ3) is 4.29. The van der Waals surface area contributed by atoms with Crippen molar-refractivity contribution in [3.63, 3.8) is 0 Å². The number of carbonyl (C=O) groups excluding carboxylic acids is 5. The van der Waals surface area contributed by atoms with Gasteiger partial charge in [0.05, 0.1) is 17.8 Å². The molecule has 1 N–H and O–H groups in total. The van der Waals surface area contributed by atoms with Crippen LogP contribution in [-0.4, -0.2) is 71.3 Å². The number of likely N-dealkylation sites (N-methyl/N-ethyl adjacent to an activating group) is 1. The molecule has 10 heteroatoms. The summed E-state index contributed by atoms with van der Waals surface area (Å²) in [5.41, 5.74) is 1.66. The van der Waals surface area contributed by atoms with Gasteiger partial charge >= 0.3 is 5.97 Å². The highest BCUT2D eigenvalue weighted by Gasteiger charge is 2.64. The number of anilines is 2. The first-order valence-corrected chi connectivity index (χ1v) is 12.7. The highest BCUT2D eigenvalue weighted by atomic mass is 16.5. The summed E-state index contributed by atoms with van der Waals surface area (Å²) in [6.07, 6.45) is 1.61. The standard InChI is InChI=1S/C28H30N4O6/c1-17-8-9-18(2)21(14-17)29-23(33)15-30(3)25(35)16-38-27(37)28-13-12-24(34)32(28)22-7-5-4-6-20(22)26(36)31(28)19-10-11-19/h4-9,14,19H,10-13,15-16H2,1-3H3,(H,29,33)/t28-/m0/s1. The second-order valence-electron chi connectivity index (χ2n) is 10.2. The molecule has 0 unspecified atom stereocenters. The predicted octanol–water partition coefficient (Wildman–Crippen LogP) is 2.39.